The summed E-state index contributed by atoms with van der Waals surface area (Å²) < 4.78 is 0. The second-order valence-electron chi connectivity index (χ2n) is 6.31. The highest BCUT2D eigenvalue weighted by Crippen LogP contribution is 2.21. The normalized spacial score (nSPS) is 12.1. The summed E-state index contributed by atoms with van der Waals surface area (Å²) in [5, 5.41) is 5.82. The van der Waals surface area contributed by atoms with Gasteiger partial charge in [-0.1, -0.05) is 44.2 Å². The molecule has 1 aromatic carbocycles. The van der Waals surface area contributed by atoms with E-state index in [0.717, 1.165) is 0 Å². The molecular weight excluding hydrogens is 224 g/mol. The van der Waals surface area contributed by atoms with Crippen LogP contribution in [-0.4, -0.2) is 18.1 Å². The molecule has 0 unspecified atom stereocenters. The average Bonchev–Trinajstić information content (AvgIpc) is 2.26. The second-order valence-corrected chi connectivity index (χ2v) is 6.31. The highest BCUT2D eigenvalue weighted by molar-refractivity contribution is 5.74. The van der Waals surface area contributed by atoms with E-state index in [1.54, 1.807) is 0 Å². The summed E-state index contributed by atoms with van der Waals surface area (Å²) in [7, 11) is 0. The smallest absolute Gasteiger partial charge is 0.315 e. The SMILES string of the molecule is CC(C)(C)NC(=O)NCC(C)(C)c1ccccc1. The van der Waals surface area contributed by atoms with Gasteiger partial charge in [0.1, 0.15) is 0 Å². The van der Waals surface area contributed by atoms with Gasteiger partial charge in [0.05, 0.1) is 0 Å². The maximum absolute atomic E-state index is 11.7. The van der Waals surface area contributed by atoms with Crippen molar-refractivity contribution in [2.45, 2.75) is 45.6 Å². The predicted molar refractivity (Wildman–Crippen MR) is 75.8 cm³/mol. The van der Waals surface area contributed by atoms with Crippen LogP contribution in [0.25, 0.3) is 0 Å². The van der Waals surface area contributed by atoms with E-state index in [0.29, 0.717) is 6.54 Å². The fourth-order valence-corrected chi connectivity index (χ4v) is 1.68. The number of hydrogen-bond donors (Lipinski definition) is 2. The van der Waals surface area contributed by atoms with Gasteiger partial charge in [0.25, 0.3) is 0 Å². The van der Waals surface area contributed by atoms with Gasteiger partial charge in [0.2, 0.25) is 0 Å². The first-order valence-corrected chi connectivity index (χ1v) is 6.32. The summed E-state index contributed by atoms with van der Waals surface area (Å²) in [5.41, 5.74) is 0.943. The number of hydrogen-bond acceptors (Lipinski definition) is 1. The molecule has 2 N–H and O–H groups in total. The van der Waals surface area contributed by atoms with Crippen molar-refractivity contribution in [2.24, 2.45) is 0 Å². The second kappa shape index (κ2) is 5.42. The maximum atomic E-state index is 11.7. The Balaban J connectivity index is 2.55. The van der Waals surface area contributed by atoms with Crippen LogP contribution in [0, 0.1) is 0 Å². The van der Waals surface area contributed by atoms with Gasteiger partial charge in [-0.3, -0.25) is 0 Å². The zero-order chi connectivity index (χ0) is 13.8. The first-order valence-electron chi connectivity index (χ1n) is 6.32. The fraction of sp³-hybridized carbons (Fsp3) is 0.533. The molecule has 1 aromatic rings. The van der Waals surface area contributed by atoms with Gasteiger partial charge in [-0.25, -0.2) is 4.79 Å². The van der Waals surface area contributed by atoms with Gasteiger partial charge in [0, 0.05) is 17.5 Å². The number of carbonyl (C=O) groups is 1. The zero-order valence-corrected chi connectivity index (χ0v) is 12.0. The lowest BCUT2D eigenvalue weighted by atomic mass is 9.85. The Morgan fingerprint density at radius 3 is 2.11 bits per heavy atom. The molecule has 3 nitrogen and oxygen atoms in total. The predicted octanol–water partition coefficient (Wildman–Crippen LogP) is 3.06. The number of nitrogens with one attached hydrogen (secondary N) is 2. The summed E-state index contributed by atoms with van der Waals surface area (Å²) in [6.07, 6.45) is 0. The third-order valence-corrected chi connectivity index (χ3v) is 2.73. The van der Waals surface area contributed by atoms with E-state index in [1.165, 1.54) is 5.56 Å². The van der Waals surface area contributed by atoms with Crippen molar-refractivity contribution in [3.8, 4) is 0 Å². The Morgan fingerprint density at radius 1 is 1.06 bits per heavy atom. The summed E-state index contributed by atoms with van der Waals surface area (Å²) in [5.74, 6) is 0. The number of carbonyl (C=O) groups excluding carboxylic acids is 1. The number of rotatable bonds is 3. The van der Waals surface area contributed by atoms with Crippen LogP contribution in [-0.2, 0) is 5.41 Å². The first-order chi connectivity index (χ1) is 8.21. The van der Waals surface area contributed by atoms with Crippen LogP contribution in [0.15, 0.2) is 30.3 Å². The zero-order valence-electron chi connectivity index (χ0n) is 12.0. The molecule has 1 rings (SSSR count). The fourth-order valence-electron chi connectivity index (χ4n) is 1.68. The first kappa shape index (κ1) is 14.6. The van der Waals surface area contributed by atoms with Gasteiger partial charge < -0.3 is 10.6 Å². The molecule has 0 radical (unpaired) electrons. The van der Waals surface area contributed by atoms with Crippen molar-refractivity contribution >= 4 is 6.03 Å². The lowest BCUT2D eigenvalue weighted by molar-refractivity contribution is 0.229. The molecule has 3 heteroatoms. The molecule has 0 heterocycles. The number of amides is 2. The van der Waals surface area contributed by atoms with Gasteiger partial charge in [-0.05, 0) is 26.3 Å². The van der Waals surface area contributed by atoms with E-state index in [2.05, 4.69) is 36.6 Å². The Morgan fingerprint density at radius 2 is 1.61 bits per heavy atom. The molecule has 2 amide bonds. The molecule has 0 saturated carbocycles. The summed E-state index contributed by atoms with van der Waals surface area (Å²) >= 11 is 0. The lowest BCUT2D eigenvalue weighted by Gasteiger charge is -2.27. The van der Waals surface area contributed by atoms with E-state index in [-0.39, 0.29) is 17.0 Å². The van der Waals surface area contributed by atoms with Gasteiger partial charge >= 0.3 is 6.03 Å². The van der Waals surface area contributed by atoms with Crippen LogP contribution in [0.3, 0.4) is 0 Å². The van der Waals surface area contributed by atoms with Gasteiger partial charge in [-0.15, -0.1) is 0 Å². The molecule has 0 spiro atoms. The van der Waals surface area contributed by atoms with Crippen LogP contribution in [0.1, 0.15) is 40.2 Å². The van der Waals surface area contributed by atoms with Crippen LogP contribution < -0.4 is 10.6 Å². The van der Waals surface area contributed by atoms with Crippen molar-refractivity contribution in [2.75, 3.05) is 6.54 Å². The largest absolute Gasteiger partial charge is 0.337 e. The minimum absolute atomic E-state index is 0.0729. The van der Waals surface area contributed by atoms with Crippen molar-refractivity contribution in [3.63, 3.8) is 0 Å². The van der Waals surface area contributed by atoms with Crippen LogP contribution in [0.4, 0.5) is 4.79 Å². The van der Waals surface area contributed by atoms with Crippen LogP contribution in [0.2, 0.25) is 0 Å². The van der Waals surface area contributed by atoms with Crippen LogP contribution in [0.5, 0.6) is 0 Å². The van der Waals surface area contributed by atoms with Crippen molar-refractivity contribution in [1.29, 1.82) is 0 Å². The molecule has 0 aliphatic heterocycles. The molecule has 0 aliphatic rings. The monoisotopic (exact) mass is 248 g/mol. The van der Waals surface area contributed by atoms with Crippen LogP contribution >= 0.6 is 0 Å². The molecule has 100 valence electrons. The lowest BCUT2D eigenvalue weighted by Crippen LogP contribution is -2.49. The van der Waals surface area contributed by atoms with Crippen molar-refractivity contribution < 1.29 is 4.79 Å². The molecule has 0 atom stereocenters. The standard InChI is InChI=1S/C15H24N2O/c1-14(2,3)17-13(18)16-11-15(4,5)12-9-7-6-8-10-12/h6-10H,11H2,1-5H3,(H2,16,17,18). The minimum atomic E-state index is -0.207. The summed E-state index contributed by atoms with van der Waals surface area (Å²) in [4.78, 5) is 11.7. The molecule has 0 fully saturated rings. The van der Waals surface area contributed by atoms with Crippen molar-refractivity contribution in [1.82, 2.24) is 10.6 Å². The van der Waals surface area contributed by atoms with E-state index in [4.69, 9.17) is 0 Å². The molecule has 0 bridgehead atoms. The average molecular weight is 248 g/mol. The summed E-state index contributed by atoms with van der Waals surface area (Å²) in [6, 6.07) is 10.1. The Kier molecular flexibility index (Phi) is 4.38. The highest BCUT2D eigenvalue weighted by Gasteiger charge is 2.22. The van der Waals surface area contributed by atoms with Gasteiger partial charge in [-0.2, -0.15) is 0 Å². The van der Waals surface area contributed by atoms with Crippen molar-refractivity contribution in [3.05, 3.63) is 35.9 Å². The molecule has 0 aromatic heterocycles. The Labute approximate surface area is 110 Å². The molecule has 0 saturated heterocycles. The third kappa shape index (κ3) is 4.78. The Bertz CT molecular complexity index is 391. The molecule has 0 aliphatic carbocycles. The molecule has 18 heavy (non-hydrogen) atoms. The Hall–Kier alpha value is -1.51. The number of benzene rings is 1. The maximum Gasteiger partial charge on any atom is 0.315 e. The molecular formula is C15H24N2O. The minimum Gasteiger partial charge on any atom is -0.337 e. The van der Waals surface area contributed by atoms with Gasteiger partial charge in [0.15, 0.2) is 0 Å². The van der Waals surface area contributed by atoms with E-state index < -0.39 is 0 Å². The third-order valence-electron chi connectivity index (χ3n) is 2.73. The summed E-state index contributed by atoms with van der Waals surface area (Å²) in [6.45, 7) is 10.8. The highest BCUT2D eigenvalue weighted by atomic mass is 16.2. The van der Waals surface area contributed by atoms with E-state index in [9.17, 15) is 4.79 Å². The van der Waals surface area contributed by atoms with E-state index >= 15 is 0 Å². The quantitative estimate of drug-likeness (QED) is 0.848. The number of urea groups is 1. The topological polar surface area (TPSA) is 41.1 Å². The van der Waals surface area contributed by atoms with E-state index in [1.807, 2.05) is 39.0 Å².